The third kappa shape index (κ3) is 4.49. The minimum atomic E-state index is 0. The van der Waals surface area contributed by atoms with Crippen molar-refractivity contribution in [2.24, 2.45) is 28.7 Å². The fourth-order valence-electron chi connectivity index (χ4n) is 4.40. The highest BCUT2D eigenvalue weighted by atomic mass is 127. The number of piperidine rings is 1. The van der Waals surface area contributed by atoms with Crippen molar-refractivity contribution < 1.29 is 0 Å². The van der Waals surface area contributed by atoms with E-state index in [0.29, 0.717) is 12.0 Å². The van der Waals surface area contributed by atoms with Crippen LogP contribution in [0.4, 0.5) is 0 Å². The van der Waals surface area contributed by atoms with Crippen LogP contribution in [0.5, 0.6) is 0 Å². The summed E-state index contributed by atoms with van der Waals surface area (Å²) in [6.07, 6.45) is 12.9. The van der Waals surface area contributed by atoms with Gasteiger partial charge in [-0.05, 0) is 55.8 Å². The number of rotatable bonds is 5. The van der Waals surface area contributed by atoms with E-state index in [9.17, 15) is 0 Å². The lowest BCUT2D eigenvalue weighted by molar-refractivity contribution is 0.188. The second-order valence-corrected chi connectivity index (χ2v) is 8.06. The van der Waals surface area contributed by atoms with Gasteiger partial charge in [-0.15, -0.1) is 24.0 Å². The van der Waals surface area contributed by atoms with Crippen LogP contribution in [0, 0.1) is 23.7 Å². The summed E-state index contributed by atoms with van der Waals surface area (Å²) in [4.78, 5) is 11.3. The first-order chi connectivity index (χ1) is 11.8. The monoisotopic (exact) mass is 457 g/mol. The summed E-state index contributed by atoms with van der Waals surface area (Å²) in [5.41, 5.74) is 0. The third-order valence-electron chi connectivity index (χ3n) is 6.29. The first kappa shape index (κ1) is 19.0. The highest BCUT2D eigenvalue weighted by molar-refractivity contribution is 14.0. The van der Waals surface area contributed by atoms with E-state index in [1.807, 2.05) is 19.6 Å². The maximum atomic E-state index is 4.59. The molecule has 2 atom stereocenters. The van der Waals surface area contributed by atoms with Gasteiger partial charge in [-0.1, -0.05) is 6.92 Å². The molecule has 1 aromatic rings. The molecule has 0 spiro atoms. The number of hydrogen-bond acceptors (Lipinski definition) is 2. The summed E-state index contributed by atoms with van der Waals surface area (Å²) < 4.78 is 2.27. The third-order valence-corrected chi connectivity index (χ3v) is 6.29. The van der Waals surface area contributed by atoms with E-state index in [0.717, 1.165) is 43.3 Å². The second-order valence-electron chi connectivity index (χ2n) is 8.06. The lowest BCUT2D eigenvalue weighted by Crippen LogP contribution is -2.50. The van der Waals surface area contributed by atoms with Crippen molar-refractivity contribution in [1.82, 2.24) is 19.8 Å². The van der Waals surface area contributed by atoms with E-state index < -0.39 is 0 Å². The molecule has 3 aliphatic rings. The van der Waals surface area contributed by atoms with Crippen LogP contribution in [0.1, 0.15) is 45.1 Å². The Bertz CT molecular complexity index is 552. The number of nitrogens with one attached hydrogen (secondary N) is 1. The van der Waals surface area contributed by atoms with Crippen molar-refractivity contribution >= 4 is 29.9 Å². The summed E-state index contributed by atoms with van der Waals surface area (Å²) in [7, 11) is 1.93. The molecule has 2 heterocycles. The standard InChI is InChI=1S/C19H31N5.HI/c1-14-7-9-23(12-18(14)24-10-8-21-13-24)19(20-2)22-11-17(15-3-4-15)16-5-6-16;/h8,10,13-18H,3-7,9,11-12H2,1-2H3,(H,20,22);1H. The summed E-state index contributed by atoms with van der Waals surface area (Å²) >= 11 is 0. The second kappa shape index (κ2) is 8.27. The molecule has 0 bridgehead atoms. The van der Waals surface area contributed by atoms with E-state index in [1.54, 1.807) is 0 Å². The average Bonchev–Trinajstić information content (AvgIpc) is 3.53. The molecule has 2 aliphatic carbocycles. The Morgan fingerprint density at radius 1 is 1.24 bits per heavy atom. The van der Waals surface area contributed by atoms with E-state index in [-0.39, 0.29) is 24.0 Å². The summed E-state index contributed by atoms with van der Waals surface area (Å²) in [5.74, 6) is 4.64. The lowest BCUT2D eigenvalue weighted by Gasteiger charge is -2.39. The molecule has 1 N–H and O–H groups in total. The van der Waals surface area contributed by atoms with Crippen molar-refractivity contribution in [3.63, 3.8) is 0 Å². The zero-order valence-corrected chi connectivity index (χ0v) is 17.8. The molecule has 5 nitrogen and oxygen atoms in total. The smallest absolute Gasteiger partial charge is 0.193 e. The predicted octanol–water partition coefficient (Wildman–Crippen LogP) is 3.40. The Balaban J connectivity index is 0.00000182. The summed E-state index contributed by atoms with van der Waals surface area (Å²) in [5, 5.41) is 3.71. The molecule has 3 fully saturated rings. The topological polar surface area (TPSA) is 45.5 Å². The predicted molar refractivity (Wildman–Crippen MR) is 112 cm³/mol. The maximum Gasteiger partial charge on any atom is 0.193 e. The number of hydrogen-bond donors (Lipinski definition) is 1. The number of aliphatic imine (C=N–C) groups is 1. The van der Waals surface area contributed by atoms with Gasteiger partial charge in [0.25, 0.3) is 0 Å². The van der Waals surface area contributed by atoms with Gasteiger partial charge in [0.2, 0.25) is 0 Å². The Kier molecular flexibility index (Phi) is 6.28. The number of likely N-dealkylation sites (tertiary alicyclic amines) is 1. The zero-order valence-electron chi connectivity index (χ0n) is 15.5. The van der Waals surface area contributed by atoms with Crippen LogP contribution in [0.25, 0.3) is 0 Å². The average molecular weight is 457 g/mol. The van der Waals surface area contributed by atoms with Crippen LogP contribution in [0.3, 0.4) is 0 Å². The van der Waals surface area contributed by atoms with Gasteiger partial charge in [0.05, 0.1) is 12.4 Å². The van der Waals surface area contributed by atoms with E-state index in [2.05, 4.69) is 37.9 Å². The molecule has 25 heavy (non-hydrogen) atoms. The quantitative estimate of drug-likeness (QED) is 0.419. The first-order valence-electron chi connectivity index (χ1n) is 9.69. The first-order valence-corrected chi connectivity index (χ1v) is 9.69. The fourth-order valence-corrected chi connectivity index (χ4v) is 4.40. The lowest BCUT2D eigenvalue weighted by atomic mass is 9.93. The highest BCUT2D eigenvalue weighted by Gasteiger charge is 2.41. The Hall–Kier alpha value is -0.790. The van der Waals surface area contributed by atoms with Crippen LogP contribution in [-0.2, 0) is 0 Å². The highest BCUT2D eigenvalue weighted by Crippen LogP contribution is 2.48. The van der Waals surface area contributed by atoms with Gasteiger partial charge in [0.15, 0.2) is 5.96 Å². The molecule has 140 valence electrons. The maximum absolute atomic E-state index is 4.59. The van der Waals surface area contributed by atoms with Gasteiger partial charge in [0.1, 0.15) is 0 Å². The molecule has 1 aromatic heterocycles. The SMILES string of the molecule is CN=C(NCC(C1CC1)C1CC1)N1CCC(C)C(n2ccnc2)C1.I. The molecule has 2 saturated carbocycles. The van der Waals surface area contributed by atoms with Crippen LogP contribution in [-0.4, -0.2) is 47.1 Å². The number of halogens is 1. The molecule has 4 rings (SSSR count). The molecule has 0 amide bonds. The summed E-state index contributed by atoms with van der Waals surface area (Å²) in [6.45, 7) is 5.59. The summed E-state index contributed by atoms with van der Waals surface area (Å²) in [6, 6.07) is 0.488. The normalized spacial score (nSPS) is 27.3. The molecule has 0 aromatic carbocycles. The van der Waals surface area contributed by atoms with Crippen molar-refractivity contribution in [2.45, 2.75) is 45.1 Å². The number of nitrogens with zero attached hydrogens (tertiary/aromatic N) is 4. The zero-order chi connectivity index (χ0) is 16.5. The number of imidazole rings is 1. The molecule has 1 aliphatic heterocycles. The van der Waals surface area contributed by atoms with Gasteiger partial charge in [-0.3, -0.25) is 4.99 Å². The molecule has 6 heteroatoms. The minimum absolute atomic E-state index is 0. The van der Waals surface area contributed by atoms with Crippen molar-refractivity contribution in [1.29, 1.82) is 0 Å². The van der Waals surface area contributed by atoms with E-state index >= 15 is 0 Å². The van der Waals surface area contributed by atoms with Gasteiger partial charge in [-0.25, -0.2) is 4.98 Å². The number of guanidine groups is 1. The fraction of sp³-hybridized carbons (Fsp3) is 0.789. The van der Waals surface area contributed by atoms with Gasteiger partial charge >= 0.3 is 0 Å². The molecular weight excluding hydrogens is 425 g/mol. The Morgan fingerprint density at radius 3 is 2.52 bits per heavy atom. The van der Waals surface area contributed by atoms with Crippen LogP contribution >= 0.6 is 24.0 Å². The Labute approximate surface area is 168 Å². The Morgan fingerprint density at radius 2 is 1.96 bits per heavy atom. The van der Waals surface area contributed by atoms with Crippen LogP contribution in [0.15, 0.2) is 23.7 Å². The molecule has 2 unspecified atom stereocenters. The molecular formula is C19H32IN5. The van der Waals surface area contributed by atoms with Gasteiger partial charge < -0.3 is 14.8 Å². The van der Waals surface area contributed by atoms with E-state index in [1.165, 1.54) is 32.1 Å². The van der Waals surface area contributed by atoms with Crippen molar-refractivity contribution in [3.05, 3.63) is 18.7 Å². The van der Waals surface area contributed by atoms with E-state index in [4.69, 9.17) is 0 Å². The largest absolute Gasteiger partial charge is 0.356 e. The van der Waals surface area contributed by atoms with Gasteiger partial charge in [0, 0.05) is 39.1 Å². The minimum Gasteiger partial charge on any atom is -0.356 e. The number of aromatic nitrogens is 2. The van der Waals surface area contributed by atoms with Crippen LogP contribution < -0.4 is 5.32 Å². The van der Waals surface area contributed by atoms with Crippen LogP contribution in [0.2, 0.25) is 0 Å². The van der Waals surface area contributed by atoms with Crippen molar-refractivity contribution in [3.8, 4) is 0 Å². The van der Waals surface area contributed by atoms with Crippen molar-refractivity contribution in [2.75, 3.05) is 26.7 Å². The molecule has 0 radical (unpaired) electrons. The molecule has 1 saturated heterocycles. The van der Waals surface area contributed by atoms with Gasteiger partial charge in [-0.2, -0.15) is 0 Å².